The summed E-state index contributed by atoms with van der Waals surface area (Å²) >= 11 is 0. The van der Waals surface area contributed by atoms with Crippen molar-refractivity contribution >= 4 is 5.97 Å². The molecule has 0 aliphatic heterocycles. The highest BCUT2D eigenvalue weighted by atomic mass is 16.4. The molecular formula is C5H6N2O3. The van der Waals surface area contributed by atoms with Gasteiger partial charge in [0.25, 0.3) is 0 Å². The SMILES string of the molecule is N#CC(CCC(=O)O)N=O. The molecule has 0 aliphatic rings. The van der Waals surface area contributed by atoms with Crippen LogP contribution in [0.3, 0.4) is 0 Å². The Hall–Kier alpha value is -1.44. The molecule has 54 valence electrons. The maximum atomic E-state index is 9.88. The van der Waals surface area contributed by atoms with Crippen LogP contribution in [0.25, 0.3) is 0 Å². The van der Waals surface area contributed by atoms with Crippen molar-refractivity contribution in [2.45, 2.75) is 18.9 Å². The third-order valence-electron chi connectivity index (χ3n) is 0.908. The van der Waals surface area contributed by atoms with Crippen LogP contribution in [-0.2, 0) is 4.79 Å². The van der Waals surface area contributed by atoms with E-state index in [9.17, 15) is 9.70 Å². The molecule has 0 radical (unpaired) electrons. The van der Waals surface area contributed by atoms with Gasteiger partial charge in [-0.15, -0.1) is 4.91 Å². The van der Waals surface area contributed by atoms with Crippen LogP contribution in [0.1, 0.15) is 12.8 Å². The van der Waals surface area contributed by atoms with E-state index in [0.29, 0.717) is 0 Å². The number of hydrogen-bond donors (Lipinski definition) is 1. The van der Waals surface area contributed by atoms with E-state index in [0.717, 1.165) is 0 Å². The molecule has 0 spiro atoms. The first-order chi connectivity index (χ1) is 4.70. The van der Waals surface area contributed by atoms with Crippen molar-refractivity contribution in [2.24, 2.45) is 5.18 Å². The van der Waals surface area contributed by atoms with Gasteiger partial charge >= 0.3 is 5.97 Å². The monoisotopic (exact) mass is 142 g/mol. The second-order valence-corrected chi connectivity index (χ2v) is 1.68. The van der Waals surface area contributed by atoms with E-state index in [4.69, 9.17) is 10.4 Å². The Balaban J connectivity index is 3.57. The molecule has 10 heavy (non-hydrogen) atoms. The summed E-state index contributed by atoms with van der Waals surface area (Å²) in [7, 11) is 0. The summed E-state index contributed by atoms with van der Waals surface area (Å²) in [6.07, 6.45) is -0.195. The number of hydrogen-bond acceptors (Lipinski definition) is 4. The fraction of sp³-hybridized carbons (Fsp3) is 0.600. The Morgan fingerprint density at radius 3 is 2.70 bits per heavy atom. The molecule has 0 bridgehead atoms. The highest BCUT2D eigenvalue weighted by Gasteiger charge is 2.08. The molecule has 1 unspecified atom stereocenters. The molecule has 1 atom stereocenters. The molecule has 0 saturated carbocycles. The minimum Gasteiger partial charge on any atom is -0.481 e. The van der Waals surface area contributed by atoms with Crippen molar-refractivity contribution < 1.29 is 9.90 Å². The molecule has 1 N–H and O–H groups in total. The second kappa shape index (κ2) is 4.44. The molecule has 5 nitrogen and oxygen atoms in total. The number of carboxylic acid groups (broad SMARTS) is 1. The minimum atomic E-state index is -1.02. The topological polar surface area (TPSA) is 90.5 Å². The molecule has 0 rings (SSSR count). The Kier molecular flexibility index (Phi) is 3.80. The van der Waals surface area contributed by atoms with E-state index in [1.165, 1.54) is 0 Å². The number of aliphatic carboxylic acids is 1. The van der Waals surface area contributed by atoms with Crippen LogP contribution < -0.4 is 0 Å². The lowest BCUT2D eigenvalue weighted by Gasteiger charge is -1.93. The first-order valence-electron chi connectivity index (χ1n) is 2.64. The summed E-state index contributed by atoms with van der Waals surface area (Å²) in [6.45, 7) is 0. The average molecular weight is 142 g/mol. The summed E-state index contributed by atoms with van der Waals surface area (Å²) in [5.41, 5.74) is 0. The Bertz CT molecular complexity index is 172. The highest BCUT2D eigenvalue weighted by Crippen LogP contribution is 1.99. The van der Waals surface area contributed by atoms with Gasteiger partial charge in [-0.05, 0) is 6.42 Å². The summed E-state index contributed by atoms with van der Waals surface area (Å²) < 4.78 is 0. The second-order valence-electron chi connectivity index (χ2n) is 1.68. The smallest absolute Gasteiger partial charge is 0.303 e. The Morgan fingerprint density at radius 2 is 2.40 bits per heavy atom. The van der Waals surface area contributed by atoms with Gasteiger partial charge in [-0.3, -0.25) is 4.79 Å². The quantitative estimate of drug-likeness (QED) is 0.579. The van der Waals surface area contributed by atoms with Crippen LogP contribution in [0.4, 0.5) is 0 Å². The fourth-order valence-electron chi connectivity index (χ4n) is 0.401. The molecule has 5 heteroatoms. The van der Waals surface area contributed by atoms with Crippen molar-refractivity contribution in [1.82, 2.24) is 0 Å². The number of carbonyl (C=O) groups is 1. The van der Waals surface area contributed by atoms with Crippen molar-refractivity contribution in [3.63, 3.8) is 0 Å². The van der Waals surface area contributed by atoms with E-state index in [2.05, 4.69) is 5.18 Å². The number of nitrogens with zero attached hydrogens (tertiary/aromatic N) is 2. The summed E-state index contributed by atoms with van der Waals surface area (Å²) in [6, 6.07) is 0.547. The van der Waals surface area contributed by atoms with E-state index in [1.807, 2.05) is 0 Å². The standard InChI is InChI=1S/C5H6N2O3/c6-3-4(7-10)1-2-5(8)9/h4H,1-2H2,(H,8,9). The van der Waals surface area contributed by atoms with Gasteiger partial charge in [0.05, 0.1) is 6.07 Å². The van der Waals surface area contributed by atoms with Crippen LogP contribution in [0, 0.1) is 16.2 Å². The van der Waals surface area contributed by atoms with Gasteiger partial charge < -0.3 is 5.11 Å². The van der Waals surface area contributed by atoms with E-state index in [-0.39, 0.29) is 12.8 Å². The Morgan fingerprint density at radius 1 is 1.80 bits per heavy atom. The van der Waals surface area contributed by atoms with Gasteiger partial charge in [0.1, 0.15) is 0 Å². The van der Waals surface area contributed by atoms with Crippen LogP contribution in [0.5, 0.6) is 0 Å². The van der Waals surface area contributed by atoms with Gasteiger partial charge in [0.2, 0.25) is 0 Å². The first kappa shape index (κ1) is 8.56. The number of carboxylic acids is 1. The van der Waals surface area contributed by atoms with Crippen molar-refractivity contribution in [2.75, 3.05) is 0 Å². The zero-order chi connectivity index (χ0) is 7.98. The van der Waals surface area contributed by atoms with Crippen LogP contribution in [0.15, 0.2) is 5.18 Å². The van der Waals surface area contributed by atoms with Gasteiger partial charge in [-0.25, -0.2) is 0 Å². The van der Waals surface area contributed by atoms with E-state index >= 15 is 0 Å². The van der Waals surface area contributed by atoms with Gasteiger partial charge in [0.15, 0.2) is 6.04 Å². The fourth-order valence-corrected chi connectivity index (χ4v) is 0.401. The lowest BCUT2D eigenvalue weighted by molar-refractivity contribution is -0.137. The zero-order valence-corrected chi connectivity index (χ0v) is 5.15. The third kappa shape index (κ3) is 3.55. The molecule has 0 aromatic heterocycles. The molecule has 0 heterocycles. The molecule has 0 aliphatic carbocycles. The predicted octanol–water partition coefficient (Wildman–Crippen LogP) is 0.510. The average Bonchev–Trinajstić information content (AvgIpc) is 1.90. The zero-order valence-electron chi connectivity index (χ0n) is 5.15. The Labute approximate surface area is 57.2 Å². The lowest BCUT2D eigenvalue weighted by Crippen LogP contribution is -2.03. The van der Waals surface area contributed by atoms with Crippen LogP contribution >= 0.6 is 0 Å². The maximum Gasteiger partial charge on any atom is 0.303 e. The largest absolute Gasteiger partial charge is 0.481 e. The van der Waals surface area contributed by atoms with Crippen LogP contribution in [0.2, 0.25) is 0 Å². The molecule has 0 fully saturated rings. The first-order valence-corrected chi connectivity index (χ1v) is 2.64. The number of nitriles is 1. The van der Waals surface area contributed by atoms with Crippen molar-refractivity contribution in [3.05, 3.63) is 4.91 Å². The van der Waals surface area contributed by atoms with Crippen molar-refractivity contribution in [1.29, 1.82) is 5.26 Å². The van der Waals surface area contributed by atoms with Gasteiger partial charge in [-0.1, -0.05) is 5.18 Å². The lowest BCUT2D eigenvalue weighted by atomic mass is 10.2. The van der Waals surface area contributed by atoms with Crippen molar-refractivity contribution in [3.8, 4) is 6.07 Å². The summed E-state index contributed by atoms with van der Waals surface area (Å²) in [4.78, 5) is 19.6. The molecule has 0 aromatic carbocycles. The number of nitroso groups, excluding NO2 is 1. The van der Waals surface area contributed by atoms with Gasteiger partial charge in [0, 0.05) is 6.42 Å². The van der Waals surface area contributed by atoms with Gasteiger partial charge in [-0.2, -0.15) is 5.26 Å². The minimum absolute atomic E-state index is 0.00463. The van der Waals surface area contributed by atoms with E-state index < -0.39 is 12.0 Å². The summed E-state index contributed by atoms with van der Waals surface area (Å²) in [5, 5.41) is 18.6. The predicted molar refractivity (Wildman–Crippen MR) is 32.1 cm³/mol. The molecule has 0 amide bonds. The highest BCUT2D eigenvalue weighted by molar-refractivity contribution is 5.66. The molecule has 0 aromatic rings. The van der Waals surface area contributed by atoms with E-state index in [1.54, 1.807) is 6.07 Å². The third-order valence-corrected chi connectivity index (χ3v) is 0.908. The summed E-state index contributed by atoms with van der Waals surface area (Å²) in [5.74, 6) is -1.02. The van der Waals surface area contributed by atoms with Crippen LogP contribution in [-0.4, -0.2) is 17.1 Å². The molecular weight excluding hydrogens is 136 g/mol. The number of rotatable bonds is 4. The molecule has 0 saturated heterocycles. The maximum absolute atomic E-state index is 9.88. The normalized spacial score (nSPS) is 11.5.